The third-order valence-corrected chi connectivity index (χ3v) is 4.66. The van der Waals surface area contributed by atoms with Crippen LogP contribution in [0.15, 0.2) is 42.6 Å². The minimum atomic E-state index is -0.307. The number of nitrogens with zero attached hydrogens (tertiary/aromatic N) is 2. The third kappa shape index (κ3) is 4.40. The molecule has 3 aromatic rings. The molecule has 0 atom stereocenters. The largest absolute Gasteiger partial charge is 0.495 e. The van der Waals surface area contributed by atoms with Gasteiger partial charge in [0, 0.05) is 23.0 Å². The van der Waals surface area contributed by atoms with Gasteiger partial charge in [-0.05, 0) is 55.7 Å². The van der Waals surface area contributed by atoms with E-state index in [1.807, 2.05) is 45.0 Å². The highest BCUT2D eigenvalue weighted by molar-refractivity contribution is 6.31. The summed E-state index contributed by atoms with van der Waals surface area (Å²) in [6, 6.07) is 11.0. The molecule has 7 heteroatoms. The molecule has 0 aliphatic heterocycles. The van der Waals surface area contributed by atoms with Gasteiger partial charge in [0.15, 0.2) is 0 Å². The summed E-state index contributed by atoms with van der Waals surface area (Å²) in [5, 5.41) is 6.59. The molecule has 0 spiro atoms. The van der Waals surface area contributed by atoms with Gasteiger partial charge in [-0.1, -0.05) is 23.7 Å². The van der Waals surface area contributed by atoms with E-state index in [0.717, 1.165) is 22.4 Å². The van der Waals surface area contributed by atoms with Crippen molar-refractivity contribution >= 4 is 34.8 Å². The van der Waals surface area contributed by atoms with Crippen molar-refractivity contribution in [3.8, 4) is 5.75 Å². The Balaban J connectivity index is 1.84. The number of nitrogens with one attached hydrogen (secondary N) is 2. The Morgan fingerprint density at radius 3 is 2.57 bits per heavy atom. The van der Waals surface area contributed by atoms with Gasteiger partial charge in [0.1, 0.15) is 11.4 Å². The molecule has 0 bridgehead atoms. The number of carbonyl (C=O) groups is 1. The van der Waals surface area contributed by atoms with E-state index >= 15 is 0 Å². The van der Waals surface area contributed by atoms with Crippen LogP contribution in [0.1, 0.15) is 27.2 Å². The van der Waals surface area contributed by atoms with Crippen LogP contribution in [-0.4, -0.2) is 23.0 Å². The van der Waals surface area contributed by atoms with E-state index < -0.39 is 0 Å². The Morgan fingerprint density at radius 1 is 1.04 bits per heavy atom. The van der Waals surface area contributed by atoms with Crippen molar-refractivity contribution in [1.29, 1.82) is 0 Å². The van der Waals surface area contributed by atoms with E-state index in [4.69, 9.17) is 16.3 Å². The van der Waals surface area contributed by atoms with Crippen molar-refractivity contribution in [2.24, 2.45) is 0 Å². The van der Waals surface area contributed by atoms with E-state index in [-0.39, 0.29) is 17.5 Å². The first kappa shape index (κ1) is 19.6. The van der Waals surface area contributed by atoms with Crippen molar-refractivity contribution < 1.29 is 9.53 Å². The molecule has 2 aromatic carbocycles. The molecule has 0 fully saturated rings. The second-order valence-electron chi connectivity index (χ2n) is 6.46. The number of halogens is 1. The maximum atomic E-state index is 12.6. The molecule has 0 saturated carbocycles. The smallest absolute Gasteiger partial charge is 0.274 e. The molecule has 6 nitrogen and oxygen atoms in total. The number of methoxy groups -OCH3 is 1. The summed E-state index contributed by atoms with van der Waals surface area (Å²) >= 11 is 6.14. The van der Waals surface area contributed by atoms with Crippen LogP contribution in [0.3, 0.4) is 0 Å². The predicted octanol–water partition coefficient (Wildman–Crippen LogP) is 5.06. The molecule has 0 aliphatic carbocycles. The highest BCUT2D eigenvalue weighted by Gasteiger charge is 2.13. The summed E-state index contributed by atoms with van der Waals surface area (Å²) in [4.78, 5) is 21.1. The monoisotopic (exact) mass is 396 g/mol. The standard InChI is InChI=1S/C21H21ClN4O2/c1-12-5-6-13(2)17(9-12)24-20(27)16-7-8-23-21(25-16)26-18-10-14(3)15(22)11-19(18)28-4/h5-11H,1-4H3,(H,24,27)(H,23,25,26). The van der Waals surface area contributed by atoms with Crippen LogP contribution in [0.4, 0.5) is 17.3 Å². The number of amides is 1. The van der Waals surface area contributed by atoms with Gasteiger partial charge in [-0.2, -0.15) is 0 Å². The lowest BCUT2D eigenvalue weighted by Crippen LogP contribution is -2.15. The van der Waals surface area contributed by atoms with E-state index in [9.17, 15) is 4.79 Å². The van der Waals surface area contributed by atoms with Crippen molar-refractivity contribution in [1.82, 2.24) is 9.97 Å². The fourth-order valence-electron chi connectivity index (χ4n) is 2.65. The Labute approximate surface area is 168 Å². The minimum absolute atomic E-state index is 0.253. The lowest BCUT2D eigenvalue weighted by atomic mass is 10.1. The number of ether oxygens (including phenoxy) is 1. The molecule has 0 saturated heterocycles. The maximum Gasteiger partial charge on any atom is 0.274 e. The lowest BCUT2D eigenvalue weighted by Gasteiger charge is -2.13. The summed E-state index contributed by atoms with van der Waals surface area (Å²) < 4.78 is 5.35. The van der Waals surface area contributed by atoms with Gasteiger partial charge < -0.3 is 15.4 Å². The molecule has 2 N–H and O–H groups in total. The number of rotatable bonds is 5. The number of benzene rings is 2. The number of aryl methyl sites for hydroxylation is 3. The SMILES string of the molecule is COc1cc(Cl)c(C)cc1Nc1nccc(C(=O)Nc2cc(C)ccc2C)n1. The number of anilines is 3. The first-order chi connectivity index (χ1) is 13.4. The van der Waals surface area contributed by atoms with Crippen molar-refractivity contribution in [3.63, 3.8) is 0 Å². The fourth-order valence-corrected chi connectivity index (χ4v) is 2.81. The van der Waals surface area contributed by atoms with E-state index in [1.54, 1.807) is 19.2 Å². The Hall–Kier alpha value is -3.12. The molecule has 1 amide bonds. The van der Waals surface area contributed by atoms with Gasteiger partial charge in [-0.25, -0.2) is 9.97 Å². The van der Waals surface area contributed by atoms with Crippen LogP contribution in [0, 0.1) is 20.8 Å². The zero-order chi connectivity index (χ0) is 20.3. The average molecular weight is 397 g/mol. The van der Waals surface area contributed by atoms with Gasteiger partial charge in [0.05, 0.1) is 12.8 Å². The third-order valence-electron chi connectivity index (χ3n) is 4.26. The minimum Gasteiger partial charge on any atom is -0.495 e. The summed E-state index contributed by atoms with van der Waals surface area (Å²) in [6.07, 6.45) is 1.53. The Morgan fingerprint density at radius 2 is 1.82 bits per heavy atom. The Kier molecular flexibility index (Phi) is 5.80. The van der Waals surface area contributed by atoms with Crippen molar-refractivity contribution in [2.75, 3.05) is 17.7 Å². The van der Waals surface area contributed by atoms with Crippen LogP contribution < -0.4 is 15.4 Å². The van der Waals surface area contributed by atoms with E-state index in [0.29, 0.717) is 16.5 Å². The summed E-state index contributed by atoms with van der Waals surface area (Å²) in [7, 11) is 1.56. The van der Waals surface area contributed by atoms with Crippen LogP contribution >= 0.6 is 11.6 Å². The molecule has 0 aliphatic rings. The van der Waals surface area contributed by atoms with Crippen LogP contribution in [0.25, 0.3) is 0 Å². The summed E-state index contributed by atoms with van der Waals surface area (Å²) in [5.74, 6) is 0.538. The van der Waals surface area contributed by atoms with Crippen molar-refractivity contribution in [3.05, 3.63) is 70.0 Å². The Bertz CT molecular complexity index is 1040. The second kappa shape index (κ2) is 8.27. The van der Waals surface area contributed by atoms with Gasteiger partial charge in [0.25, 0.3) is 5.91 Å². The number of hydrogen-bond acceptors (Lipinski definition) is 5. The van der Waals surface area contributed by atoms with E-state index in [2.05, 4.69) is 20.6 Å². The molecule has 0 unspecified atom stereocenters. The molecular formula is C21H21ClN4O2. The zero-order valence-corrected chi connectivity index (χ0v) is 16.9. The highest BCUT2D eigenvalue weighted by Crippen LogP contribution is 2.32. The predicted molar refractivity (Wildman–Crippen MR) is 112 cm³/mol. The molecular weight excluding hydrogens is 376 g/mol. The lowest BCUT2D eigenvalue weighted by molar-refractivity contribution is 0.102. The highest BCUT2D eigenvalue weighted by atomic mass is 35.5. The molecule has 28 heavy (non-hydrogen) atoms. The quantitative estimate of drug-likeness (QED) is 0.630. The topological polar surface area (TPSA) is 76.1 Å². The summed E-state index contributed by atoms with van der Waals surface area (Å²) in [5.41, 5.74) is 4.60. The molecule has 144 valence electrons. The van der Waals surface area contributed by atoms with Gasteiger partial charge in [-0.3, -0.25) is 4.79 Å². The summed E-state index contributed by atoms with van der Waals surface area (Å²) in [6.45, 7) is 5.81. The molecule has 0 radical (unpaired) electrons. The number of carbonyl (C=O) groups excluding carboxylic acids is 1. The molecule has 3 rings (SSSR count). The van der Waals surface area contributed by atoms with Crippen molar-refractivity contribution in [2.45, 2.75) is 20.8 Å². The van der Waals surface area contributed by atoms with E-state index in [1.165, 1.54) is 6.20 Å². The van der Waals surface area contributed by atoms with Crippen LogP contribution in [0.2, 0.25) is 5.02 Å². The van der Waals surface area contributed by atoms with Crippen LogP contribution in [0.5, 0.6) is 5.75 Å². The first-order valence-electron chi connectivity index (χ1n) is 8.70. The number of aromatic nitrogens is 2. The second-order valence-corrected chi connectivity index (χ2v) is 6.87. The molecule has 1 heterocycles. The van der Waals surface area contributed by atoms with Gasteiger partial charge in [-0.15, -0.1) is 0 Å². The maximum absolute atomic E-state index is 12.6. The normalized spacial score (nSPS) is 10.5. The van der Waals surface area contributed by atoms with Crippen LogP contribution in [-0.2, 0) is 0 Å². The van der Waals surface area contributed by atoms with Gasteiger partial charge >= 0.3 is 0 Å². The van der Waals surface area contributed by atoms with Gasteiger partial charge in [0.2, 0.25) is 5.95 Å². The number of hydrogen-bond donors (Lipinski definition) is 2. The fraction of sp³-hybridized carbons (Fsp3) is 0.190. The molecule has 1 aromatic heterocycles. The average Bonchev–Trinajstić information content (AvgIpc) is 2.67. The zero-order valence-electron chi connectivity index (χ0n) is 16.1. The first-order valence-corrected chi connectivity index (χ1v) is 9.08.